The van der Waals surface area contributed by atoms with Crippen LogP contribution >= 0.6 is 23.5 Å². The summed E-state index contributed by atoms with van der Waals surface area (Å²) in [6.07, 6.45) is 1.92. The van der Waals surface area contributed by atoms with Crippen LogP contribution in [0, 0.1) is 0 Å². The number of carbonyl (C=O) groups excluding carboxylic acids is 1. The summed E-state index contributed by atoms with van der Waals surface area (Å²) in [5.41, 5.74) is 1.05. The fraction of sp³-hybridized carbons (Fsp3) is 0.286. The van der Waals surface area contributed by atoms with Gasteiger partial charge in [-0.25, -0.2) is 0 Å². The third kappa shape index (κ3) is 3.04. The average molecular weight is 290 g/mol. The van der Waals surface area contributed by atoms with Crippen molar-refractivity contribution in [3.8, 4) is 0 Å². The molecule has 19 heavy (non-hydrogen) atoms. The maximum Gasteiger partial charge on any atom is 0.286 e. The molecule has 0 aliphatic carbocycles. The molecule has 0 atom stereocenters. The number of carbonyl (C=O) groups is 1. The summed E-state index contributed by atoms with van der Waals surface area (Å²) >= 11 is 3.45. The van der Waals surface area contributed by atoms with Gasteiger partial charge in [-0.2, -0.15) is 16.8 Å². The number of amides is 1. The molecule has 3 rings (SSSR count). The maximum absolute atomic E-state index is 11.9. The Morgan fingerprint density at radius 2 is 1.89 bits per heavy atom. The molecule has 0 unspecified atom stereocenters. The van der Waals surface area contributed by atoms with Crippen LogP contribution in [0.1, 0.15) is 5.56 Å². The highest BCUT2D eigenvalue weighted by Crippen LogP contribution is 2.31. The Kier molecular flexibility index (Phi) is 3.94. The van der Waals surface area contributed by atoms with E-state index >= 15 is 0 Å². The van der Waals surface area contributed by atoms with Gasteiger partial charge in [0.2, 0.25) is 0 Å². The maximum atomic E-state index is 11.9. The van der Waals surface area contributed by atoms with E-state index < -0.39 is 0 Å². The first-order valence-electron chi connectivity index (χ1n) is 6.23. The number of benzene rings is 1. The van der Waals surface area contributed by atoms with E-state index in [0.717, 1.165) is 40.2 Å². The van der Waals surface area contributed by atoms with Crippen LogP contribution in [0.3, 0.4) is 0 Å². The van der Waals surface area contributed by atoms with Crippen LogP contribution in [0.15, 0.2) is 40.2 Å². The highest BCUT2D eigenvalue weighted by Gasteiger charge is 2.26. The van der Waals surface area contributed by atoms with Gasteiger partial charge in [0.05, 0.1) is 4.91 Å². The molecule has 0 saturated carbocycles. The molecule has 1 aromatic rings. The number of hydrogen-bond donors (Lipinski definition) is 0. The Morgan fingerprint density at radius 3 is 2.63 bits per heavy atom. The Labute approximate surface area is 121 Å². The molecule has 0 bridgehead atoms. The second-order valence-corrected chi connectivity index (χ2v) is 6.55. The van der Waals surface area contributed by atoms with Gasteiger partial charge in [-0.3, -0.25) is 4.79 Å². The van der Waals surface area contributed by atoms with Crippen LogP contribution in [-0.2, 0) is 4.79 Å². The van der Waals surface area contributed by atoms with Gasteiger partial charge in [0, 0.05) is 24.6 Å². The molecule has 1 fully saturated rings. The van der Waals surface area contributed by atoms with Gasteiger partial charge in [0.1, 0.15) is 0 Å². The number of rotatable bonds is 1. The first-order chi connectivity index (χ1) is 9.33. The SMILES string of the molecule is O=C1N=C(N2CCSCC2)S/C1=C\c1ccccc1. The lowest BCUT2D eigenvalue weighted by atomic mass is 10.2. The molecule has 5 heteroatoms. The van der Waals surface area contributed by atoms with E-state index in [1.54, 1.807) is 0 Å². The zero-order valence-electron chi connectivity index (χ0n) is 10.4. The van der Waals surface area contributed by atoms with Gasteiger partial charge in [-0.15, -0.1) is 0 Å². The lowest BCUT2D eigenvalue weighted by Gasteiger charge is -2.26. The van der Waals surface area contributed by atoms with E-state index in [-0.39, 0.29) is 5.91 Å². The van der Waals surface area contributed by atoms with Gasteiger partial charge in [0.25, 0.3) is 5.91 Å². The standard InChI is InChI=1S/C14H14N2OS2/c17-13-12(10-11-4-2-1-3-5-11)19-14(15-13)16-6-8-18-9-7-16/h1-5,10H,6-9H2/b12-10-. The predicted octanol–water partition coefficient (Wildman–Crippen LogP) is 2.71. The van der Waals surface area contributed by atoms with Gasteiger partial charge < -0.3 is 4.90 Å². The summed E-state index contributed by atoms with van der Waals surface area (Å²) in [4.78, 5) is 19.0. The fourth-order valence-corrected chi connectivity index (χ4v) is 3.86. The number of thioether (sulfide) groups is 2. The average Bonchev–Trinajstić information content (AvgIpc) is 2.82. The highest BCUT2D eigenvalue weighted by molar-refractivity contribution is 8.18. The molecule has 3 nitrogen and oxygen atoms in total. The van der Waals surface area contributed by atoms with E-state index in [2.05, 4.69) is 9.89 Å². The van der Waals surface area contributed by atoms with Crippen molar-refractivity contribution in [3.63, 3.8) is 0 Å². The molecule has 1 amide bonds. The Morgan fingerprint density at radius 1 is 1.16 bits per heavy atom. The van der Waals surface area contributed by atoms with Crippen molar-refractivity contribution < 1.29 is 4.79 Å². The van der Waals surface area contributed by atoms with Crippen molar-refractivity contribution >= 4 is 40.7 Å². The third-order valence-electron chi connectivity index (χ3n) is 2.99. The summed E-state index contributed by atoms with van der Waals surface area (Å²) < 4.78 is 0. The number of hydrogen-bond acceptors (Lipinski definition) is 4. The Bertz CT molecular complexity index is 534. The topological polar surface area (TPSA) is 32.7 Å². The first kappa shape index (κ1) is 12.8. The van der Waals surface area contributed by atoms with Crippen molar-refractivity contribution in [1.82, 2.24) is 4.90 Å². The number of nitrogens with zero attached hydrogens (tertiary/aromatic N) is 2. The van der Waals surface area contributed by atoms with Crippen LogP contribution in [0.25, 0.3) is 6.08 Å². The van der Waals surface area contributed by atoms with E-state index in [1.165, 1.54) is 11.8 Å². The summed E-state index contributed by atoms with van der Waals surface area (Å²) in [6.45, 7) is 1.98. The quantitative estimate of drug-likeness (QED) is 0.745. The summed E-state index contributed by atoms with van der Waals surface area (Å²) in [5, 5.41) is 0.868. The van der Waals surface area contributed by atoms with Crippen LogP contribution in [-0.4, -0.2) is 40.6 Å². The van der Waals surface area contributed by atoms with Crippen LogP contribution < -0.4 is 0 Å². The molecule has 0 aromatic heterocycles. The molecular weight excluding hydrogens is 276 g/mol. The predicted molar refractivity (Wildman–Crippen MR) is 83.4 cm³/mol. The normalized spacial score (nSPS) is 21.9. The zero-order chi connectivity index (χ0) is 13.1. The van der Waals surface area contributed by atoms with Crippen LogP contribution in [0.2, 0.25) is 0 Å². The number of aliphatic imine (C=N–C) groups is 1. The lowest BCUT2D eigenvalue weighted by Crippen LogP contribution is -2.35. The smallest absolute Gasteiger partial charge is 0.286 e. The van der Waals surface area contributed by atoms with Gasteiger partial charge in [-0.1, -0.05) is 30.3 Å². The minimum Gasteiger partial charge on any atom is -0.349 e. The van der Waals surface area contributed by atoms with E-state index in [4.69, 9.17) is 0 Å². The number of amidine groups is 1. The molecule has 2 aliphatic rings. The molecule has 0 N–H and O–H groups in total. The molecule has 0 radical (unpaired) electrons. The van der Waals surface area contributed by atoms with Crippen molar-refractivity contribution in [1.29, 1.82) is 0 Å². The second-order valence-electron chi connectivity index (χ2n) is 4.32. The van der Waals surface area contributed by atoms with Crippen molar-refractivity contribution in [2.75, 3.05) is 24.6 Å². The Balaban J connectivity index is 1.74. The summed E-state index contributed by atoms with van der Waals surface area (Å²) in [7, 11) is 0. The minimum absolute atomic E-state index is 0.109. The summed E-state index contributed by atoms with van der Waals surface area (Å²) in [5.74, 6) is 2.12. The first-order valence-corrected chi connectivity index (χ1v) is 8.20. The van der Waals surface area contributed by atoms with Crippen molar-refractivity contribution in [3.05, 3.63) is 40.8 Å². The van der Waals surface area contributed by atoms with Gasteiger partial charge in [0.15, 0.2) is 5.17 Å². The Hall–Kier alpha value is -1.20. The summed E-state index contributed by atoms with van der Waals surface area (Å²) in [6, 6.07) is 9.91. The van der Waals surface area contributed by atoms with E-state index in [1.807, 2.05) is 48.2 Å². The largest absolute Gasteiger partial charge is 0.349 e. The second kappa shape index (κ2) is 5.84. The molecule has 2 heterocycles. The highest BCUT2D eigenvalue weighted by atomic mass is 32.2. The minimum atomic E-state index is -0.109. The molecule has 0 spiro atoms. The fourth-order valence-electron chi connectivity index (χ4n) is 1.99. The zero-order valence-corrected chi connectivity index (χ0v) is 12.0. The molecule has 98 valence electrons. The molecular formula is C14H14N2OS2. The molecule has 1 saturated heterocycles. The van der Waals surface area contributed by atoms with Gasteiger partial charge >= 0.3 is 0 Å². The van der Waals surface area contributed by atoms with E-state index in [9.17, 15) is 4.79 Å². The molecule has 2 aliphatic heterocycles. The monoisotopic (exact) mass is 290 g/mol. The van der Waals surface area contributed by atoms with E-state index in [0.29, 0.717) is 0 Å². The third-order valence-corrected chi connectivity index (χ3v) is 4.98. The molecule has 1 aromatic carbocycles. The lowest BCUT2D eigenvalue weighted by molar-refractivity contribution is -0.113. The van der Waals surface area contributed by atoms with Crippen LogP contribution in [0.4, 0.5) is 0 Å². The van der Waals surface area contributed by atoms with Crippen molar-refractivity contribution in [2.45, 2.75) is 0 Å². The van der Waals surface area contributed by atoms with Crippen LogP contribution in [0.5, 0.6) is 0 Å². The van der Waals surface area contributed by atoms with Gasteiger partial charge in [-0.05, 0) is 23.4 Å². The van der Waals surface area contributed by atoms with Crippen molar-refractivity contribution in [2.24, 2.45) is 4.99 Å².